The lowest BCUT2D eigenvalue weighted by Gasteiger charge is -2.63. The van der Waals surface area contributed by atoms with Gasteiger partial charge in [0.1, 0.15) is 35.3 Å². The van der Waals surface area contributed by atoms with Crippen LogP contribution in [0.1, 0.15) is 75.3 Å². The minimum Gasteiger partial charge on any atom is -0.489 e. The van der Waals surface area contributed by atoms with E-state index in [0.29, 0.717) is 44.1 Å². The van der Waals surface area contributed by atoms with Crippen LogP contribution in [-0.4, -0.2) is 101 Å². The lowest BCUT2D eigenvalue weighted by molar-refractivity contribution is -0.164. The summed E-state index contributed by atoms with van der Waals surface area (Å²) in [6.45, 7) is 15.3. The van der Waals surface area contributed by atoms with Crippen molar-refractivity contribution in [3.8, 4) is 11.8 Å². The monoisotopic (exact) mass is 832 g/mol. The van der Waals surface area contributed by atoms with Crippen molar-refractivity contribution in [2.45, 2.75) is 71.6 Å². The Hall–Kier alpha value is -5.59. The van der Waals surface area contributed by atoms with Gasteiger partial charge in [0.15, 0.2) is 0 Å². The van der Waals surface area contributed by atoms with Crippen LogP contribution in [0.15, 0.2) is 59.5 Å². The van der Waals surface area contributed by atoms with Crippen LogP contribution < -0.4 is 30.7 Å². The highest BCUT2D eigenvalue weighted by Crippen LogP contribution is 2.55. The maximum Gasteiger partial charge on any atom is 0.278 e. The molecule has 5 fully saturated rings. The van der Waals surface area contributed by atoms with Crippen molar-refractivity contribution in [2.75, 3.05) is 55.6 Å². The zero-order chi connectivity index (χ0) is 42.1. The van der Waals surface area contributed by atoms with E-state index < -0.39 is 11.9 Å². The van der Waals surface area contributed by atoms with E-state index in [4.69, 9.17) is 21.3 Å². The van der Waals surface area contributed by atoms with Crippen molar-refractivity contribution in [1.82, 2.24) is 35.5 Å². The molecule has 4 saturated heterocycles. The first kappa shape index (κ1) is 39.8. The van der Waals surface area contributed by atoms with Crippen LogP contribution in [0.5, 0.6) is 5.75 Å². The first-order valence-electron chi connectivity index (χ1n) is 20.7. The number of aromatic nitrogens is 4. The molecule has 16 heteroatoms. The van der Waals surface area contributed by atoms with Gasteiger partial charge in [-0.25, -0.2) is 4.98 Å². The fourth-order valence-electron chi connectivity index (χ4n) is 10.7. The Morgan fingerprint density at radius 2 is 1.75 bits per heavy atom. The van der Waals surface area contributed by atoms with Crippen molar-refractivity contribution in [2.24, 2.45) is 22.2 Å². The third-order valence-corrected chi connectivity index (χ3v) is 14.0. The van der Waals surface area contributed by atoms with Crippen molar-refractivity contribution in [3.05, 3.63) is 81.2 Å². The topological polar surface area (TPSA) is 179 Å². The maximum atomic E-state index is 13.5. The lowest BCUT2D eigenvalue weighted by Crippen LogP contribution is -2.74. The van der Waals surface area contributed by atoms with Gasteiger partial charge in [-0.1, -0.05) is 44.5 Å². The van der Waals surface area contributed by atoms with Crippen LogP contribution >= 0.6 is 11.6 Å². The Balaban J connectivity index is 0.728. The number of piperidine rings is 2. The first-order chi connectivity index (χ1) is 28.6. The molecule has 6 heterocycles. The van der Waals surface area contributed by atoms with Gasteiger partial charge in [0.2, 0.25) is 5.91 Å². The molecule has 1 aliphatic carbocycles. The number of amides is 3. The largest absolute Gasteiger partial charge is 0.489 e. The number of rotatable bonds is 9. The van der Waals surface area contributed by atoms with E-state index in [9.17, 15) is 24.4 Å². The highest BCUT2D eigenvalue weighted by atomic mass is 35.5. The fourth-order valence-corrected chi connectivity index (χ4v) is 10.9. The Morgan fingerprint density at radius 1 is 1.00 bits per heavy atom. The Labute approximate surface area is 353 Å². The lowest BCUT2D eigenvalue weighted by atomic mass is 9.49. The summed E-state index contributed by atoms with van der Waals surface area (Å²) in [5.74, 6) is 0.992. The molecule has 9 rings (SSSR count). The van der Waals surface area contributed by atoms with E-state index in [1.54, 1.807) is 30.5 Å². The van der Waals surface area contributed by atoms with E-state index in [2.05, 4.69) is 69.4 Å². The molecule has 1 saturated carbocycles. The normalized spacial score (nSPS) is 24.5. The number of benzene rings is 2. The van der Waals surface area contributed by atoms with Gasteiger partial charge in [-0.15, -0.1) is 5.10 Å². The molecule has 5 aliphatic rings. The molecule has 4 aliphatic heterocycles. The summed E-state index contributed by atoms with van der Waals surface area (Å²) in [6, 6.07) is 15.6. The molecule has 3 amide bonds. The summed E-state index contributed by atoms with van der Waals surface area (Å²) in [7, 11) is 0. The third-order valence-electron chi connectivity index (χ3n) is 13.7. The number of imide groups is 1. The van der Waals surface area contributed by atoms with Crippen LogP contribution in [0, 0.1) is 33.5 Å². The van der Waals surface area contributed by atoms with Gasteiger partial charge in [0.05, 0.1) is 21.5 Å². The molecule has 1 spiro atoms. The number of hydrogen-bond donors (Lipinski definition) is 2. The summed E-state index contributed by atoms with van der Waals surface area (Å²) >= 11 is 6.25. The Bertz CT molecular complexity index is 2460. The van der Waals surface area contributed by atoms with Crippen LogP contribution in [-0.2, 0) is 9.59 Å². The summed E-state index contributed by atoms with van der Waals surface area (Å²) in [6.07, 6.45) is 4.07. The molecule has 2 aromatic carbocycles. The van der Waals surface area contributed by atoms with Crippen molar-refractivity contribution < 1.29 is 19.1 Å². The molecule has 0 bridgehead atoms. The highest BCUT2D eigenvalue weighted by molar-refractivity contribution is 6.31. The number of fused-ring (bicyclic) bond motifs is 1. The number of anilines is 2. The second-order valence-electron chi connectivity index (χ2n) is 18.6. The highest BCUT2D eigenvalue weighted by Gasteiger charge is 2.64. The molecule has 1 atom stereocenters. The average Bonchev–Trinajstić information content (AvgIpc) is 3.20. The molecule has 2 aromatic heterocycles. The summed E-state index contributed by atoms with van der Waals surface area (Å²) in [4.78, 5) is 62.7. The number of nitriles is 1. The second kappa shape index (κ2) is 14.8. The molecular weight excluding hydrogens is 784 g/mol. The fraction of sp³-hybridized carbons (Fsp3) is 0.500. The summed E-state index contributed by atoms with van der Waals surface area (Å²) in [5.41, 5.74) is 1.57. The van der Waals surface area contributed by atoms with Gasteiger partial charge < -0.3 is 24.8 Å². The average molecular weight is 833 g/mol. The smallest absolute Gasteiger partial charge is 0.278 e. The molecule has 2 N–H and O–H groups in total. The van der Waals surface area contributed by atoms with Gasteiger partial charge in [0.25, 0.3) is 17.4 Å². The van der Waals surface area contributed by atoms with E-state index >= 15 is 0 Å². The molecule has 60 heavy (non-hydrogen) atoms. The number of nitrogens with zero attached hydrogens (tertiary/aromatic N) is 8. The van der Waals surface area contributed by atoms with E-state index in [-0.39, 0.29) is 53.2 Å². The number of carbonyl (C=O) groups is 3. The predicted octanol–water partition coefficient (Wildman–Crippen LogP) is 4.34. The number of likely N-dealkylation sites (tertiary alicyclic amines) is 1. The van der Waals surface area contributed by atoms with Crippen molar-refractivity contribution in [3.63, 3.8) is 0 Å². The summed E-state index contributed by atoms with van der Waals surface area (Å²) < 4.78 is 7.48. The SMILES string of the molecule is CC1(C)C(NC(=O)c2ccc(N3CCC4(CC3)CN(CC3CN(c5ccc6nnn(C7CCC(=O)NC7=O)c(=O)c6c5)C3)C4)nc2)C(C)(C)C1Oc1ccc(C#N)c(Cl)c1. The van der Waals surface area contributed by atoms with E-state index in [1.807, 2.05) is 24.3 Å². The maximum absolute atomic E-state index is 13.5. The molecular formula is C44H49ClN10O5. The van der Waals surface area contributed by atoms with Gasteiger partial charge in [-0.05, 0) is 67.1 Å². The molecule has 4 aromatic rings. The summed E-state index contributed by atoms with van der Waals surface area (Å²) in [5, 5.41) is 23.7. The molecule has 0 radical (unpaired) electrons. The standard InChI is InChI=1S/C44H49ClN10O5/c1-42(2)40(43(3,4)41(42)60-30-8-5-27(19-46)32(45)18-30)49-37(57)28-6-11-35(47-20-28)53-15-13-44(14-16-53)24-52(25-44)21-26-22-54(23-26)29-7-9-33-31(17-29)39(59)55(51-50-33)34-10-12-36(56)48-38(34)58/h5-9,11,17-18,20,26,34,40-41H,10,12-16,21-25H2,1-4H3,(H,49,57)(H,48,56,58). The van der Waals surface area contributed by atoms with Crippen LogP contribution in [0.3, 0.4) is 0 Å². The van der Waals surface area contributed by atoms with Crippen LogP contribution in [0.4, 0.5) is 11.5 Å². The third kappa shape index (κ3) is 7.03. The Kier molecular flexibility index (Phi) is 9.86. The van der Waals surface area contributed by atoms with Crippen LogP contribution in [0.2, 0.25) is 5.02 Å². The van der Waals surface area contributed by atoms with E-state index in [1.165, 1.54) is 0 Å². The zero-order valence-electron chi connectivity index (χ0n) is 34.3. The van der Waals surface area contributed by atoms with Gasteiger partial charge in [-0.2, -0.15) is 9.94 Å². The van der Waals surface area contributed by atoms with Gasteiger partial charge >= 0.3 is 0 Å². The zero-order valence-corrected chi connectivity index (χ0v) is 35.0. The second-order valence-corrected chi connectivity index (χ2v) is 19.0. The number of halogens is 1. The number of ether oxygens (including phenoxy) is 1. The molecule has 1 unspecified atom stereocenters. The number of nitrogens with one attached hydrogen (secondary N) is 2. The van der Waals surface area contributed by atoms with Gasteiger partial charge in [-0.3, -0.25) is 24.5 Å². The van der Waals surface area contributed by atoms with E-state index in [0.717, 1.165) is 74.8 Å². The Morgan fingerprint density at radius 3 is 2.42 bits per heavy atom. The van der Waals surface area contributed by atoms with Crippen molar-refractivity contribution >= 4 is 51.7 Å². The quantitative estimate of drug-likeness (QED) is 0.229. The minimum atomic E-state index is -0.847. The predicted molar refractivity (Wildman–Crippen MR) is 225 cm³/mol. The number of pyridine rings is 1. The molecule has 312 valence electrons. The number of hydrogen-bond acceptors (Lipinski definition) is 12. The van der Waals surface area contributed by atoms with Crippen LogP contribution in [0.25, 0.3) is 10.9 Å². The molecule has 15 nitrogen and oxygen atoms in total. The van der Waals surface area contributed by atoms with Gasteiger partial charge in [0, 0.05) is 93.0 Å². The first-order valence-corrected chi connectivity index (χ1v) is 21.1. The van der Waals surface area contributed by atoms with Crippen molar-refractivity contribution in [1.29, 1.82) is 5.26 Å². The minimum absolute atomic E-state index is 0.142. The number of carbonyl (C=O) groups excluding carboxylic acids is 3.